The van der Waals surface area contributed by atoms with Gasteiger partial charge in [-0.15, -0.1) is 0 Å². The van der Waals surface area contributed by atoms with Gasteiger partial charge in [-0.1, -0.05) is 84.4 Å². The minimum atomic E-state index is 0. The predicted molar refractivity (Wildman–Crippen MR) is 84.7 cm³/mol. The number of hydrogen-bond acceptors (Lipinski definition) is 0. The molecule has 0 amide bonds. The molecule has 0 spiro atoms. The van der Waals surface area contributed by atoms with Crippen molar-refractivity contribution in [2.75, 3.05) is 0 Å². The van der Waals surface area contributed by atoms with Crippen LogP contribution in [0.15, 0.2) is 24.8 Å². The first-order valence-corrected chi connectivity index (χ1v) is 6.35. The Bertz CT molecular complexity index is 269. The first kappa shape index (κ1) is 21.3. The van der Waals surface area contributed by atoms with Crippen molar-refractivity contribution in [2.24, 2.45) is 0 Å². The predicted octanol–water partition coefficient (Wildman–Crippen LogP) is 6.42. The van der Waals surface area contributed by atoms with E-state index in [1.54, 1.807) is 0 Å². The molecule has 0 aliphatic rings. The van der Waals surface area contributed by atoms with Crippen LogP contribution in [0.5, 0.6) is 0 Å². The van der Waals surface area contributed by atoms with Crippen LogP contribution in [-0.4, -0.2) is 0 Å². The fourth-order valence-electron chi connectivity index (χ4n) is 1.05. The van der Waals surface area contributed by atoms with Crippen LogP contribution in [0.25, 0.3) is 6.08 Å². The van der Waals surface area contributed by atoms with Gasteiger partial charge in [0.05, 0.1) is 0 Å². The molecule has 0 N–H and O–H groups in total. The van der Waals surface area contributed by atoms with E-state index in [2.05, 4.69) is 52.5 Å². The summed E-state index contributed by atoms with van der Waals surface area (Å²) in [6.07, 6.45) is 4.52. The molecule has 0 nitrogen and oxygen atoms in total. The van der Waals surface area contributed by atoms with Gasteiger partial charge < -0.3 is 0 Å². The minimum Gasteiger partial charge on any atom is -0.0985 e. The molecule has 0 heteroatoms. The Morgan fingerprint density at radius 1 is 1.06 bits per heavy atom. The van der Waals surface area contributed by atoms with Crippen LogP contribution in [0, 0.1) is 13.8 Å². The van der Waals surface area contributed by atoms with Crippen LogP contribution < -0.4 is 0 Å². The molecule has 0 aliphatic carbocycles. The second kappa shape index (κ2) is 15.0. The number of hydrogen-bond donors (Lipinski definition) is 0. The first-order chi connectivity index (χ1) is 7.65. The van der Waals surface area contributed by atoms with Crippen molar-refractivity contribution in [1.82, 2.24) is 0 Å². The average molecular weight is 236 g/mol. The van der Waals surface area contributed by atoms with E-state index in [9.17, 15) is 0 Å². The maximum Gasteiger partial charge on any atom is -0.0233 e. The monoisotopic (exact) mass is 236 g/mol. The number of rotatable bonds is 2. The molecule has 1 rings (SSSR count). The summed E-state index contributed by atoms with van der Waals surface area (Å²) in [6.45, 7) is 16.3. The topological polar surface area (TPSA) is 0 Å². The summed E-state index contributed by atoms with van der Waals surface area (Å²) in [5.74, 6) is 0. The SMILES string of the molecule is C.C=Cc1ccc(C)cc1C.CC.CCCC. The zero-order valence-electron chi connectivity index (χ0n) is 11.9. The molecule has 0 atom stereocenters. The highest BCUT2D eigenvalue weighted by Crippen LogP contribution is 2.10. The molecule has 0 heterocycles. The van der Waals surface area contributed by atoms with E-state index in [4.69, 9.17) is 0 Å². The Morgan fingerprint density at radius 2 is 1.53 bits per heavy atom. The van der Waals surface area contributed by atoms with Crippen molar-refractivity contribution in [1.29, 1.82) is 0 Å². The number of unbranched alkanes of at least 4 members (excludes halogenated alkanes) is 1. The molecule has 1 aromatic carbocycles. The van der Waals surface area contributed by atoms with Gasteiger partial charge in [0, 0.05) is 0 Å². The molecule has 0 unspecified atom stereocenters. The van der Waals surface area contributed by atoms with E-state index in [-0.39, 0.29) is 7.43 Å². The van der Waals surface area contributed by atoms with Gasteiger partial charge in [-0.25, -0.2) is 0 Å². The quantitative estimate of drug-likeness (QED) is 0.556. The summed E-state index contributed by atoms with van der Waals surface area (Å²) >= 11 is 0. The van der Waals surface area contributed by atoms with Crippen molar-refractivity contribution in [3.8, 4) is 0 Å². The molecule has 0 fully saturated rings. The van der Waals surface area contributed by atoms with Crippen LogP contribution in [0.1, 0.15) is 64.7 Å². The Balaban J connectivity index is -0.000000242. The van der Waals surface area contributed by atoms with Gasteiger partial charge in [-0.05, 0) is 25.0 Å². The molecule has 0 saturated heterocycles. The third kappa shape index (κ3) is 11.2. The molecule has 1 aromatic rings. The van der Waals surface area contributed by atoms with Gasteiger partial charge in [0.25, 0.3) is 0 Å². The molecule has 0 radical (unpaired) electrons. The highest BCUT2D eigenvalue weighted by atomic mass is 14.0. The van der Waals surface area contributed by atoms with E-state index in [1.165, 1.54) is 29.5 Å². The standard InChI is InChI=1S/C10H12.C4H10.C2H6.CH4/c1-4-10-6-5-8(2)7-9(10)3;1-3-4-2;1-2;/h4-7H,1H2,2-3H3;3-4H2,1-2H3;1-2H3;1H4. The third-order valence-electron chi connectivity index (χ3n) is 2.15. The van der Waals surface area contributed by atoms with Crippen LogP contribution in [0.3, 0.4) is 0 Å². The molecule has 17 heavy (non-hydrogen) atoms. The zero-order valence-corrected chi connectivity index (χ0v) is 11.9. The van der Waals surface area contributed by atoms with Crippen LogP contribution >= 0.6 is 0 Å². The lowest BCUT2D eigenvalue weighted by atomic mass is 10.1. The Morgan fingerprint density at radius 3 is 1.82 bits per heavy atom. The van der Waals surface area contributed by atoms with Gasteiger partial charge >= 0.3 is 0 Å². The Hall–Kier alpha value is -1.04. The van der Waals surface area contributed by atoms with Gasteiger partial charge in [0.15, 0.2) is 0 Å². The second-order valence-electron chi connectivity index (χ2n) is 3.56. The smallest absolute Gasteiger partial charge is 0.0233 e. The number of benzene rings is 1. The van der Waals surface area contributed by atoms with Crippen LogP contribution in [0.2, 0.25) is 0 Å². The maximum absolute atomic E-state index is 3.72. The highest BCUT2D eigenvalue weighted by molar-refractivity contribution is 5.52. The molecular formula is C17H32. The average Bonchev–Trinajstić information content (AvgIpc) is 2.32. The molecule has 0 saturated carbocycles. The fraction of sp³-hybridized carbons (Fsp3) is 0.529. The molecule has 100 valence electrons. The third-order valence-corrected chi connectivity index (χ3v) is 2.15. The fourth-order valence-corrected chi connectivity index (χ4v) is 1.05. The van der Waals surface area contributed by atoms with Gasteiger partial charge in [-0.3, -0.25) is 0 Å². The summed E-state index contributed by atoms with van der Waals surface area (Å²) in [5, 5.41) is 0. The summed E-state index contributed by atoms with van der Waals surface area (Å²) in [6, 6.07) is 6.36. The van der Waals surface area contributed by atoms with Crippen molar-refractivity contribution < 1.29 is 0 Å². The van der Waals surface area contributed by atoms with Crippen molar-refractivity contribution in [2.45, 2.75) is 61.8 Å². The summed E-state index contributed by atoms with van der Waals surface area (Å²) in [7, 11) is 0. The van der Waals surface area contributed by atoms with E-state index in [1.807, 2.05) is 19.9 Å². The van der Waals surface area contributed by atoms with Gasteiger partial charge in [0.2, 0.25) is 0 Å². The van der Waals surface area contributed by atoms with E-state index >= 15 is 0 Å². The molecule has 0 aromatic heterocycles. The van der Waals surface area contributed by atoms with Crippen molar-refractivity contribution >= 4 is 6.08 Å². The van der Waals surface area contributed by atoms with E-state index in [0.29, 0.717) is 0 Å². The summed E-state index contributed by atoms with van der Waals surface area (Å²) in [4.78, 5) is 0. The normalized spacial score (nSPS) is 7.65. The molecule has 0 bridgehead atoms. The zero-order chi connectivity index (χ0) is 13.0. The largest absolute Gasteiger partial charge is 0.0985 e. The molecular weight excluding hydrogens is 204 g/mol. The van der Waals surface area contributed by atoms with Gasteiger partial charge in [0.1, 0.15) is 0 Å². The van der Waals surface area contributed by atoms with Crippen LogP contribution in [0.4, 0.5) is 0 Å². The summed E-state index contributed by atoms with van der Waals surface area (Å²) < 4.78 is 0. The summed E-state index contributed by atoms with van der Waals surface area (Å²) in [5.41, 5.74) is 3.84. The van der Waals surface area contributed by atoms with Crippen molar-refractivity contribution in [3.63, 3.8) is 0 Å². The Labute approximate surface area is 110 Å². The lowest BCUT2D eigenvalue weighted by Crippen LogP contribution is -1.80. The minimum absolute atomic E-state index is 0. The number of aryl methyl sites for hydroxylation is 2. The molecule has 0 aliphatic heterocycles. The van der Waals surface area contributed by atoms with E-state index < -0.39 is 0 Å². The lowest BCUT2D eigenvalue weighted by Gasteiger charge is -1.99. The maximum atomic E-state index is 3.72. The Kier molecular flexibility index (Phi) is 18.7. The van der Waals surface area contributed by atoms with Gasteiger partial charge in [-0.2, -0.15) is 0 Å². The van der Waals surface area contributed by atoms with Crippen LogP contribution in [-0.2, 0) is 0 Å². The lowest BCUT2D eigenvalue weighted by molar-refractivity contribution is 0.886. The highest BCUT2D eigenvalue weighted by Gasteiger charge is 1.91. The second-order valence-corrected chi connectivity index (χ2v) is 3.56. The van der Waals surface area contributed by atoms with E-state index in [0.717, 1.165) is 0 Å². The first-order valence-electron chi connectivity index (χ1n) is 6.35. The van der Waals surface area contributed by atoms with Crippen molar-refractivity contribution in [3.05, 3.63) is 41.5 Å².